The molecule has 2 unspecified atom stereocenters. The summed E-state index contributed by atoms with van der Waals surface area (Å²) in [6.07, 6.45) is -5.98. The summed E-state index contributed by atoms with van der Waals surface area (Å²) in [7, 11) is -4.03. The molecule has 0 saturated carbocycles. The Bertz CT molecular complexity index is 1660. The molecule has 0 radical (unpaired) electrons. The van der Waals surface area contributed by atoms with E-state index in [1.807, 2.05) is 4.98 Å². The van der Waals surface area contributed by atoms with Gasteiger partial charge < -0.3 is 29.3 Å². The van der Waals surface area contributed by atoms with Crippen LogP contribution in [0.1, 0.15) is 31.4 Å². The first kappa shape index (κ1) is 34.7. The van der Waals surface area contributed by atoms with E-state index in [0.29, 0.717) is 5.56 Å². The molecular formula is C28H32N3O14P. The fourth-order valence-corrected chi connectivity index (χ4v) is 5.37. The van der Waals surface area contributed by atoms with E-state index < -0.39 is 80.4 Å². The number of aliphatic carboxylic acids is 1. The second-order valence-corrected chi connectivity index (χ2v) is 11.6. The number of nitrogens with zero attached hydrogens (tertiary/aromatic N) is 2. The lowest BCUT2D eigenvalue weighted by Crippen LogP contribution is -2.47. The maximum absolute atomic E-state index is 13.3. The van der Waals surface area contributed by atoms with Crippen molar-refractivity contribution in [1.82, 2.24) is 9.55 Å². The first-order valence-corrected chi connectivity index (χ1v) is 15.1. The number of carboxylic acid groups (broad SMARTS) is 1. The largest absolute Gasteiger partial charge is 0.529 e. The summed E-state index contributed by atoms with van der Waals surface area (Å²) in [4.78, 5) is 67.1. The van der Waals surface area contributed by atoms with E-state index in [0.717, 1.165) is 28.8 Å². The molecule has 46 heavy (non-hydrogen) atoms. The molecule has 5 N–H and O–H groups in total. The van der Waals surface area contributed by atoms with Gasteiger partial charge in [0.1, 0.15) is 17.8 Å². The van der Waals surface area contributed by atoms with Crippen LogP contribution in [0.15, 0.2) is 82.5 Å². The molecule has 0 spiro atoms. The molecule has 4 rings (SSSR count). The number of hydrogen-bond donors (Lipinski definition) is 5. The van der Waals surface area contributed by atoms with Crippen molar-refractivity contribution >= 4 is 25.4 Å². The maximum Gasteiger partial charge on any atom is 0.529 e. The highest BCUT2D eigenvalue weighted by atomic mass is 31.2. The van der Waals surface area contributed by atoms with E-state index in [9.17, 15) is 44.0 Å². The number of carboxylic acids is 1. The van der Waals surface area contributed by atoms with E-state index in [1.54, 1.807) is 48.5 Å². The molecule has 18 heteroatoms. The SMILES string of the molecule is COC(ON(c1ccccc1)[C@@H](CC(=O)O)C(=O)OP(=O)(O)OC[C@H]1O[C@@H](n2ccc(=O)[nH]c2=O)[C@](C)(O)[C@@H]1O)c1ccccc1. The predicted octanol–water partition coefficient (Wildman–Crippen LogP) is 0.833. The fourth-order valence-electron chi connectivity index (χ4n) is 4.63. The first-order chi connectivity index (χ1) is 21.7. The highest BCUT2D eigenvalue weighted by Gasteiger charge is 2.54. The molecule has 2 heterocycles. The van der Waals surface area contributed by atoms with Gasteiger partial charge in [0.2, 0.25) is 6.29 Å². The van der Waals surface area contributed by atoms with Crippen molar-refractivity contribution in [2.24, 2.45) is 0 Å². The van der Waals surface area contributed by atoms with Crippen LogP contribution in [0.2, 0.25) is 0 Å². The van der Waals surface area contributed by atoms with Gasteiger partial charge in [-0.2, -0.15) is 0 Å². The van der Waals surface area contributed by atoms with E-state index >= 15 is 0 Å². The lowest BCUT2D eigenvalue weighted by atomic mass is 9.96. The molecule has 0 aliphatic carbocycles. The predicted molar refractivity (Wildman–Crippen MR) is 156 cm³/mol. The molecule has 3 aromatic rings. The third kappa shape index (κ3) is 8.14. The second kappa shape index (κ2) is 14.5. The lowest BCUT2D eigenvalue weighted by Gasteiger charge is -2.33. The molecule has 7 atom stereocenters. The van der Waals surface area contributed by atoms with Gasteiger partial charge in [0.05, 0.1) is 18.7 Å². The van der Waals surface area contributed by atoms with Gasteiger partial charge in [-0.1, -0.05) is 48.5 Å². The number of carbonyl (C=O) groups excluding carboxylic acids is 1. The number of para-hydroxylation sites is 1. The van der Waals surface area contributed by atoms with Crippen LogP contribution >= 0.6 is 7.82 Å². The van der Waals surface area contributed by atoms with Crippen molar-refractivity contribution in [1.29, 1.82) is 0 Å². The Kier molecular flexibility index (Phi) is 10.9. The number of aliphatic hydroxyl groups excluding tert-OH is 1. The number of hydrogen-bond acceptors (Lipinski definition) is 13. The van der Waals surface area contributed by atoms with Crippen molar-refractivity contribution in [3.05, 3.63) is 99.3 Å². The molecule has 17 nitrogen and oxygen atoms in total. The number of methoxy groups -OCH3 is 1. The minimum atomic E-state index is -5.35. The van der Waals surface area contributed by atoms with Gasteiger partial charge in [0.25, 0.3) is 5.56 Å². The molecule has 2 aromatic carbocycles. The highest BCUT2D eigenvalue weighted by molar-refractivity contribution is 7.48. The zero-order valence-corrected chi connectivity index (χ0v) is 25.3. The van der Waals surface area contributed by atoms with Crippen LogP contribution in [-0.4, -0.2) is 79.3 Å². The molecule has 0 bridgehead atoms. The van der Waals surface area contributed by atoms with E-state index in [-0.39, 0.29) is 5.69 Å². The molecule has 248 valence electrons. The van der Waals surface area contributed by atoms with Crippen LogP contribution in [0.5, 0.6) is 0 Å². The third-order valence-electron chi connectivity index (χ3n) is 6.89. The van der Waals surface area contributed by atoms with Gasteiger partial charge in [-0.3, -0.25) is 28.6 Å². The van der Waals surface area contributed by atoms with Gasteiger partial charge in [-0.25, -0.2) is 24.1 Å². The lowest BCUT2D eigenvalue weighted by molar-refractivity contribution is -0.162. The van der Waals surface area contributed by atoms with Crippen LogP contribution in [0, 0.1) is 0 Å². The summed E-state index contributed by atoms with van der Waals surface area (Å²) < 4.78 is 34.3. The van der Waals surface area contributed by atoms with Crippen molar-refractivity contribution in [2.75, 3.05) is 18.8 Å². The minimum Gasteiger partial charge on any atom is -0.481 e. The zero-order chi connectivity index (χ0) is 33.6. The number of rotatable bonds is 14. The zero-order valence-electron chi connectivity index (χ0n) is 24.4. The number of phosphoric ester groups is 1. The smallest absolute Gasteiger partial charge is 0.481 e. The Morgan fingerprint density at radius 1 is 1.11 bits per heavy atom. The highest BCUT2D eigenvalue weighted by Crippen LogP contribution is 2.46. The normalized spacial score (nSPS) is 23.6. The summed E-state index contributed by atoms with van der Waals surface area (Å²) in [5.41, 5.74) is -3.17. The van der Waals surface area contributed by atoms with Gasteiger partial charge in [0, 0.05) is 24.9 Å². The van der Waals surface area contributed by atoms with Crippen LogP contribution in [0.4, 0.5) is 5.69 Å². The monoisotopic (exact) mass is 665 g/mol. The van der Waals surface area contributed by atoms with E-state index in [1.165, 1.54) is 19.2 Å². The molecular weight excluding hydrogens is 633 g/mol. The number of carbonyl (C=O) groups is 2. The topological polar surface area (TPSA) is 236 Å². The fraction of sp³-hybridized carbons (Fsp3) is 0.357. The summed E-state index contributed by atoms with van der Waals surface area (Å²) in [5, 5.41) is 32.0. The number of aromatic amines is 1. The molecule has 1 aliphatic heterocycles. The van der Waals surface area contributed by atoms with Crippen LogP contribution in [0.25, 0.3) is 0 Å². The standard InChI is InChI=1S/C28H32N3O14P/c1-28(38)23(35)20(43-26(28)30-14-13-21(32)29-27(30)37)16-42-46(39,40)45-24(36)19(15-22(33)34)31(18-11-7-4-8-12-18)44-25(41-2)17-9-5-3-6-10-17/h3-14,19-20,23,25-26,35,38H,15-16H2,1-2H3,(H,33,34)(H,39,40)(H,29,32,37)/t19-,20+,23+,25?,26+,28+/m0/s1. The Hall–Kier alpha value is -4.19. The third-order valence-corrected chi connectivity index (χ3v) is 7.78. The summed E-state index contributed by atoms with van der Waals surface area (Å²) in [6.45, 7) is 0.186. The quantitative estimate of drug-likeness (QED) is 0.0911. The Balaban J connectivity index is 1.53. The van der Waals surface area contributed by atoms with Gasteiger partial charge >= 0.3 is 25.5 Å². The molecule has 0 amide bonds. The van der Waals surface area contributed by atoms with Gasteiger partial charge in [0.15, 0.2) is 12.3 Å². The number of H-pyrrole nitrogens is 1. The van der Waals surface area contributed by atoms with Crippen molar-refractivity contribution in [2.45, 2.75) is 49.7 Å². The molecule has 1 fully saturated rings. The number of hydroxylamine groups is 1. The molecule has 1 saturated heterocycles. The summed E-state index contributed by atoms with van der Waals surface area (Å²) >= 11 is 0. The first-order valence-electron chi connectivity index (χ1n) is 13.6. The summed E-state index contributed by atoms with van der Waals surface area (Å²) in [6, 6.07) is 15.4. The van der Waals surface area contributed by atoms with Crippen LogP contribution in [-0.2, 0) is 37.5 Å². The Morgan fingerprint density at radius 3 is 2.33 bits per heavy atom. The number of aliphatic hydroxyl groups is 2. The number of phosphoric acid groups is 1. The average Bonchev–Trinajstić information content (AvgIpc) is 3.23. The molecule has 1 aliphatic rings. The van der Waals surface area contributed by atoms with Crippen LogP contribution < -0.4 is 16.3 Å². The van der Waals surface area contributed by atoms with Crippen molar-refractivity contribution in [3.63, 3.8) is 0 Å². The Morgan fingerprint density at radius 2 is 1.74 bits per heavy atom. The van der Waals surface area contributed by atoms with Crippen molar-refractivity contribution in [3.8, 4) is 0 Å². The van der Waals surface area contributed by atoms with Gasteiger partial charge in [-0.15, -0.1) is 0 Å². The van der Waals surface area contributed by atoms with E-state index in [4.69, 9.17) is 23.4 Å². The minimum absolute atomic E-state index is 0.172. The summed E-state index contributed by atoms with van der Waals surface area (Å²) in [5.74, 6) is -3.01. The number of benzene rings is 2. The van der Waals surface area contributed by atoms with Crippen molar-refractivity contribution < 1.29 is 57.7 Å². The van der Waals surface area contributed by atoms with Gasteiger partial charge in [-0.05, 0) is 19.1 Å². The maximum atomic E-state index is 13.3. The number of aromatic nitrogens is 2. The molecule has 1 aromatic heterocycles. The second-order valence-electron chi connectivity index (χ2n) is 10.2. The van der Waals surface area contributed by atoms with E-state index in [2.05, 4.69) is 0 Å². The number of anilines is 1. The number of ether oxygens (including phenoxy) is 2. The van der Waals surface area contributed by atoms with Crippen LogP contribution in [0.3, 0.4) is 0 Å². The average molecular weight is 666 g/mol. The Labute approximate surface area is 260 Å². The number of nitrogens with one attached hydrogen (secondary N) is 1.